The third-order valence-corrected chi connectivity index (χ3v) is 4.25. The summed E-state index contributed by atoms with van der Waals surface area (Å²) in [6, 6.07) is 5.43. The number of alkyl halides is 1. The predicted octanol–water partition coefficient (Wildman–Crippen LogP) is 3.88. The molecule has 1 aromatic carbocycles. The van der Waals surface area contributed by atoms with Crippen molar-refractivity contribution in [3.05, 3.63) is 23.2 Å². The third kappa shape index (κ3) is 3.42. The van der Waals surface area contributed by atoms with E-state index in [0.717, 1.165) is 23.2 Å². The summed E-state index contributed by atoms with van der Waals surface area (Å²) in [5.74, 6) is 1.22. The second kappa shape index (κ2) is 6.62. The van der Waals surface area contributed by atoms with Crippen molar-refractivity contribution >= 4 is 39.1 Å². The van der Waals surface area contributed by atoms with E-state index in [9.17, 15) is 4.79 Å². The van der Waals surface area contributed by atoms with Gasteiger partial charge in [0.2, 0.25) is 5.91 Å². The molecule has 1 aromatic rings. The Morgan fingerprint density at radius 3 is 2.95 bits per heavy atom. The van der Waals surface area contributed by atoms with E-state index in [4.69, 9.17) is 16.3 Å². The van der Waals surface area contributed by atoms with Crippen LogP contribution in [0.25, 0.3) is 0 Å². The molecule has 1 saturated heterocycles. The third-order valence-electron chi connectivity index (χ3n) is 3.10. The molecule has 1 aliphatic rings. The topological polar surface area (TPSA) is 29.5 Å². The van der Waals surface area contributed by atoms with Crippen LogP contribution in [0.15, 0.2) is 18.2 Å². The zero-order valence-corrected chi connectivity index (χ0v) is 13.2. The molecular weight excluding hydrogens is 330 g/mol. The zero-order chi connectivity index (χ0) is 13.8. The van der Waals surface area contributed by atoms with Gasteiger partial charge >= 0.3 is 0 Å². The summed E-state index contributed by atoms with van der Waals surface area (Å²) in [4.78, 5) is 13.9. The van der Waals surface area contributed by atoms with Crippen molar-refractivity contribution in [2.75, 3.05) is 23.4 Å². The Morgan fingerprint density at radius 1 is 1.53 bits per heavy atom. The number of benzene rings is 1. The molecule has 1 atom stereocenters. The van der Waals surface area contributed by atoms with Crippen LogP contribution in [-0.2, 0) is 4.79 Å². The molecule has 1 aliphatic heterocycles. The van der Waals surface area contributed by atoms with Crippen LogP contribution in [0.4, 0.5) is 5.69 Å². The highest BCUT2D eigenvalue weighted by atomic mass is 79.9. The minimum atomic E-state index is 0.132. The van der Waals surface area contributed by atoms with E-state index in [-0.39, 0.29) is 5.91 Å². The lowest BCUT2D eigenvalue weighted by atomic mass is 10.2. The number of nitrogens with zero attached hydrogens (tertiary/aromatic N) is 1. The van der Waals surface area contributed by atoms with Gasteiger partial charge in [-0.2, -0.15) is 0 Å². The first-order valence-corrected chi connectivity index (χ1v) is 7.94. The monoisotopic (exact) mass is 345 g/mol. The number of amides is 1. The van der Waals surface area contributed by atoms with Crippen LogP contribution in [0.2, 0.25) is 5.02 Å². The van der Waals surface area contributed by atoms with Crippen molar-refractivity contribution in [2.45, 2.75) is 19.8 Å². The summed E-state index contributed by atoms with van der Waals surface area (Å²) in [6.45, 7) is 3.41. The zero-order valence-electron chi connectivity index (χ0n) is 10.9. The van der Waals surface area contributed by atoms with Crippen LogP contribution in [-0.4, -0.2) is 24.4 Å². The molecule has 0 N–H and O–H groups in total. The average Bonchev–Trinajstić information content (AvgIpc) is 2.78. The van der Waals surface area contributed by atoms with Gasteiger partial charge in [-0.05, 0) is 30.5 Å². The van der Waals surface area contributed by atoms with Gasteiger partial charge in [-0.25, -0.2) is 0 Å². The summed E-state index contributed by atoms with van der Waals surface area (Å²) in [5.41, 5.74) is 0.786. The lowest BCUT2D eigenvalue weighted by Crippen LogP contribution is -2.25. The summed E-state index contributed by atoms with van der Waals surface area (Å²) in [6.07, 6.45) is 1.50. The van der Waals surface area contributed by atoms with E-state index < -0.39 is 0 Å². The molecule has 5 heteroatoms. The Hall–Kier alpha value is -0.740. The molecule has 2 rings (SSSR count). The van der Waals surface area contributed by atoms with Gasteiger partial charge in [-0.15, -0.1) is 0 Å². The molecule has 0 aromatic heterocycles. The van der Waals surface area contributed by atoms with Crippen LogP contribution in [0, 0.1) is 5.92 Å². The van der Waals surface area contributed by atoms with Crippen LogP contribution in [0.1, 0.15) is 19.8 Å². The van der Waals surface area contributed by atoms with Crippen molar-refractivity contribution in [2.24, 2.45) is 5.92 Å². The van der Waals surface area contributed by atoms with Crippen molar-refractivity contribution < 1.29 is 9.53 Å². The van der Waals surface area contributed by atoms with E-state index in [2.05, 4.69) is 22.9 Å². The number of ether oxygens (including phenoxy) is 1. The van der Waals surface area contributed by atoms with Crippen molar-refractivity contribution in [1.29, 1.82) is 0 Å². The molecular formula is C14H17BrClNO2. The van der Waals surface area contributed by atoms with Crippen LogP contribution >= 0.6 is 27.5 Å². The molecule has 104 valence electrons. The Balaban J connectivity index is 2.27. The Labute approximate surface area is 127 Å². The number of carbonyl (C=O) groups is 1. The summed E-state index contributed by atoms with van der Waals surface area (Å²) in [7, 11) is 0. The normalized spacial score (nSPS) is 19.0. The van der Waals surface area contributed by atoms with Gasteiger partial charge in [-0.1, -0.05) is 34.5 Å². The molecule has 1 heterocycles. The molecule has 1 amide bonds. The lowest BCUT2D eigenvalue weighted by molar-refractivity contribution is -0.117. The van der Waals surface area contributed by atoms with E-state index in [0.29, 0.717) is 30.5 Å². The van der Waals surface area contributed by atoms with Crippen LogP contribution < -0.4 is 9.64 Å². The van der Waals surface area contributed by atoms with Gasteiger partial charge in [0, 0.05) is 23.3 Å². The van der Waals surface area contributed by atoms with Gasteiger partial charge in [-0.3, -0.25) is 4.79 Å². The first kappa shape index (κ1) is 14.7. The molecule has 0 aliphatic carbocycles. The molecule has 1 fully saturated rings. The van der Waals surface area contributed by atoms with Gasteiger partial charge < -0.3 is 9.64 Å². The van der Waals surface area contributed by atoms with Crippen molar-refractivity contribution in [1.82, 2.24) is 0 Å². The van der Waals surface area contributed by atoms with Gasteiger partial charge in [0.1, 0.15) is 5.75 Å². The number of hydrogen-bond acceptors (Lipinski definition) is 2. The maximum atomic E-state index is 12.1. The van der Waals surface area contributed by atoms with E-state index >= 15 is 0 Å². The van der Waals surface area contributed by atoms with E-state index in [1.807, 2.05) is 6.07 Å². The van der Waals surface area contributed by atoms with E-state index in [1.54, 1.807) is 17.0 Å². The maximum Gasteiger partial charge on any atom is 0.227 e. The second-order valence-corrected chi connectivity index (χ2v) is 5.77. The maximum absolute atomic E-state index is 12.1. The first-order valence-electron chi connectivity index (χ1n) is 6.44. The predicted molar refractivity (Wildman–Crippen MR) is 81.5 cm³/mol. The van der Waals surface area contributed by atoms with Crippen LogP contribution in [0.3, 0.4) is 0 Å². The number of hydrogen-bond donors (Lipinski definition) is 0. The van der Waals surface area contributed by atoms with Crippen molar-refractivity contribution in [3.8, 4) is 5.75 Å². The second-order valence-electron chi connectivity index (χ2n) is 4.69. The van der Waals surface area contributed by atoms with Gasteiger partial charge in [0.25, 0.3) is 0 Å². The largest absolute Gasteiger partial charge is 0.491 e. The Morgan fingerprint density at radius 2 is 2.32 bits per heavy atom. The average molecular weight is 347 g/mol. The Bertz CT molecular complexity index is 467. The summed E-state index contributed by atoms with van der Waals surface area (Å²) >= 11 is 9.49. The quantitative estimate of drug-likeness (QED) is 0.757. The van der Waals surface area contributed by atoms with E-state index in [1.165, 1.54) is 0 Å². The summed E-state index contributed by atoms with van der Waals surface area (Å²) < 4.78 is 5.71. The number of carbonyl (C=O) groups excluding carboxylic acids is 1. The fourth-order valence-electron chi connectivity index (χ4n) is 2.15. The minimum absolute atomic E-state index is 0.132. The molecule has 0 spiro atoms. The fourth-order valence-corrected chi connectivity index (χ4v) is 2.75. The standard InChI is InChI=1S/C14H17BrClNO2/c1-2-5-19-13-4-3-11(16)7-12(13)17-9-10(8-15)6-14(17)18/h3-4,7,10H,2,5-6,8-9H2,1H3. The van der Waals surface area contributed by atoms with Gasteiger partial charge in [0.05, 0.1) is 12.3 Å². The Kier molecular flexibility index (Phi) is 5.11. The fraction of sp³-hybridized carbons (Fsp3) is 0.500. The highest BCUT2D eigenvalue weighted by Gasteiger charge is 2.31. The van der Waals surface area contributed by atoms with Gasteiger partial charge in [0.15, 0.2) is 0 Å². The number of rotatable bonds is 5. The lowest BCUT2D eigenvalue weighted by Gasteiger charge is -2.20. The molecule has 0 bridgehead atoms. The molecule has 0 radical (unpaired) electrons. The molecule has 19 heavy (non-hydrogen) atoms. The highest BCUT2D eigenvalue weighted by Crippen LogP contribution is 2.35. The van der Waals surface area contributed by atoms with Crippen molar-refractivity contribution in [3.63, 3.8) is 0 Å². The molecule has 0 saturated carbocycles. The summed E-state index contributed by atoms with van der Waals surface area (Å²) in [5, 5.41) is 1.45. The number of anilines is 1. The number of halogens is 2. The first-order chi connectivity index (χ1) is 9.15. The van der Waals surface area contributed by atoms with Crippen LogP contribution in [0.5, 0.6) is 5.75 Å². The minimum Gasteiger partial charge on any atom is -0.491 e. The SMILES string of the molecule is CCCOc1ccc(Cl)cc1N1CC(CBr)CC1=O. The smallest absolute Gasteiger partial charge is 0.227 e. The molecule has 3 nitrogen and oxygen atoms in total. The molecule has 1 unspecified atom stereocenters. The highest BCUT2D eigenvalue weighted by molar-refractivity contribution is 9.09.